The van der Waals surface area contributed by atoms with Crippen LogP contribution in [0.3, 0.4) is 0 Å². The van der Waals surface area contributed by atoms with Gasteiger partial charge in [0, 0.05) is 13.0 Å². The minimum Gasteiger partial charge on any atom is -0.477 e. The molecule has 160 valence electrons. The lowest BCUT2D eigenvalue weighted by molar-refractivity contribution is 0.0993. The van der Waals surface area contributed by atoms with Crippen LogP contribution in [0.5, 0.6) is 5.88 Å². The topological polar surface area (TPSA) is 161 Å². The standard InChI is InChI=1S/C20H18BN7O4/c22-17(29)15-6-2-5-14-16(26-27-28(14)15)19-24-18(13-7-8-32-20(13)25-19)23-10-11-3-1-4-12(9-11)21(30)31/h1-6,9,30-31H,7-8,10H2,(H2,22,29)(H,23,24,25). The van der Waals surface area contributed by atoms with Gasteiger partial charge in [0.25, 0.3) is 5.91 Å². The first-order chi connectivity index (χ1) is 15.5. The molecule has 0 spiro atoms. The third-order valence-electron chi connectivity index (χ3n) is 5.17. The maximum absolute atomic E-state index is 11.7. The fraction of sp³-hybridized carbons (Fsp3) is 0.150. The summed E-state index contributed by atoms with van der Waals surface area (Å²) in [5.41, 5.74) is 8.66. The number of ether oxygens (including phenoxy) is 1. The average Bonchev–Trinajstić information content (AvgIpc) is 3.44. The van der Waals surface area contributed by atoms with Crippen molar-refractivity contribution >= 4 is 29.8 Å². The fourth-order valence-corrected chi connectivity index (χ4v) is 3.62. The number of anilines is 1. The van der Waals surface area contributed by atoms with Crippen LogP contribution >= 0.6 is 0 Å². The number of nitrogens with two attached hydrogens (primary N) is 1. The van der Waals surface area contributed by atoms with Gasteiger partial charge in [-0.3, -0.25) is 4.79 Å². The Balaban J connectivity index is 1.52. The number of aromatic nitrogens is 5. The highest BCUT2D eigenvalue weighted by Gasteiger charge is 2.24. The molecular formula is C20H18BN7O4. The molecule has 1 amide bonds. The van der Waals surface area contributed by atoms with Gasteiger partial charge in [-0.05, 0) is 23.2 Å². The molecule has 5 rings (SSSR count). The van der Waals surface area contributed by atoms with Crippen molar-refractivity contribution in [3.05, 3.63) is 59.3 Å². The number of benzene rings is 1. The second-order valence-electron chi connectivity index (χ2n) is 7.26. The van der Waals surface area contributed by atoms with Crippen LogP contribution in [0.15, 0.2) is 42.5 Å². The molecule has 0 radical (unpaired) electrons. The number of primary amides is 1. The zero-order valence-electron chi connectivity index (χ0n) is 16.8. The number of carbonyl (C=O) groups excluding carboxylic acids is 1. The number of nitrogens with one attached hydrogen (secondary N) is 1. The lowest BCUT2D eigenvalue weighted by Crippen LogP contribution is -2.30. The van der Waals surface area contributed by atoms with Crippen molar-refractivity contribution in [2.75, 3.05) is 11.9 Å². The van der Waals surface area contributed by atoms with Gasteiger partial charge in [-0.2, -0.15) is 4.98 Å². The molecule has 3 aromatic heterocycles. The fourth-order valence-electron chi connectivity index (χ4n) is 3.62. The van der Waals surface area contributed by atoms with E-state index in [1.54, 1.807) is 36.4 Å². The Morgan fingerprint density at radius 3 is 2.88 bits per heavy atom. The van der Waals surface area contributed by atoms with Crippen LogP contribution in [0.1, 0.15) is 21.6 Å². The summed E-state index contributed by atoms with van der Waals surface area (Å²) in [4.78, 5) is 20.8. The lowest BCUT2D eigenvalue weighted by atomic mass is 9.79. The maximum Gasteiger partial charge on any atom is 0.488 e. The second kappa shape index (κ2) is 7.91. The average molecular weight is 431 g/mol. The maximum atomic E-state index is 11.7. The van der Waals surface area contributed by atoms with Crippen LogP contribution < -0.4 is 21.3 Å². The minimum atomic E-state index is -1.54. The minimum absolute atomic E-state index is 0.197. The Morgan fingerprint density at radius 1 is 1.22 bits per heavy atom. The van der Waals surface area contributed by atoms with E-state index in [0.29, 0.717) is 53.8 Å². The smallest absolute Gasteiger partial charge is 0.477 e. The summed E-state index contributed by atoms with van der Waals surface area (Å²) in [5, 5.41) is 30.3. The number of fused-ring (bicyclic) bond motifs is 2. The first-order valence-electron chi connectivity index (χ1n) is 9.88. The molecule has 1 aromatic carbocycles. The normalized spacial score (nSPS) is 12.4. The molecule has 5 N–H and O–H groups in total. The molecule has 0 unspecified atom stereocenters. The van der Waals surface area contributed by atoms with E-state index >= 15 is 0 Å². The van der Waals surface area contributed by atoms with Gasteiger partial charge in [-0.25, -0.2) is 9.50 Å². The van der Waals surface area contributed by atoms with Crippen LogP contribution in [0.4, 0.5) is 5.82 Å². The summed E-state index contributed by atoms with van der Waals surface area (Å²) in [5.74, 6) is 0.723. The molecule has 0 aliphatic carbocycles. The van der Waals surface area contributed by atoms with Gasteiger partial charge in [-0.15, -0.1) is 5.10 Å². The van der Waals surface area contributed by atoms with Crippen molar-refractivity contribution in [3.63, 3.8) is 0 Å². The van der Waals surface area contributed by atoms with Gasteiger partial charge in [-0.1, -0.05) is 35.5 Å². The van der Waals surface area contributed by atoms with Crippen LogP contribution in [-0.4, -0.2) is 54.5 Å². The number of nitrogens with zero attached hydrogens (tertiary/aromatic N) is 5. The predicted molar refractivity (Wildman–Crippen MR) is 115 cm³/mol. The molecule has 11 nitrogen and oxygen atoms in total. The van der Waals surface area contributed by atoms with Crippen molar-refractivity contribution in [3.8, 4) is 17.4 Å². The van der Waals surface area contributed by atoms with E-state index in [1.165, 1.54) is 4.52 Å². The largest absolute Gasteiger partial charge is 0.488 e. The van der Waals surface area contributed by atoms with E-state index in [0.717, 1.165) is 11.1 Å². The number of carbonyl (C=O) groups is 1. The summed E-state index contributed by atoms with van der Waals surface area (Å²) in [6, 6.07) is 12.0. The van der Waals surface area contributed by atoms with Gasteiger partial charge >= 0.3 is 7.12 Å². The van der Waals surface area contributed by atoms with E-state index in [4.69, 9.17) is 10.5 Å². The zero-order valence-corrected chi connectivity index (χ0v) is 16.8. The molecule has 0 bridgehead atoms. The number of amides is 1. The van der Waals surface area contributed by atoms with Gasteiger partial charge in [0.2, 0.25) is 5.88 Å². The van der Waals surface area contributed by atoms with Crippen LogP contribution in [0.25, 0.3) is 17.0 Å². The molecule has 0 saturated carbocycles. The summed E-state index contributed by atoms with van der Waals surface area (Å²) in [7, 11) is -1.54. The van der Waals surface area contributed by atoms with Crippen molar-refractivity contribution in [1.82, 2.24) is 24.8 Å². The highest BCUT2D eigenvalue weighted by atomic mass is 16.5. The summed E-state index contributed by atoms with van der Waals surface area (Å²) >= 11 is 0. The Hall–Kier alpha value is -4.03. The third-order valence-corrected chi connectivity index (χ3v) is 5.17. The Labute approximate surface area is 182 Å². The molecule has 4 heterocycles. The Bertz CT molecular complexity index is 1340. The highest BCUT2D eigenvalue weighted by Crippen LogP contribution is 2.32. The van der Waals surface area contributed by atoms with Crippen LogP contribution in [-0.2, 0) is 13.0 Å². The van der Waals surface area contributed by atoms with Gasteiger partial charge in [0.1, 0.15) is 11.5 Å². The quantitative estimate of drug-likeness (QED) is 0.295. The molecule has 12 heteroatoms. The molecule has 0 fully saturated rings. The van der Waals surface area contributed by atoms with Crippen molar-refractivity contribution < 1.29 is 19.6 Å². The Morgan fingerprint density at radius 2 is 2.06 bits per heavy atom. The van der Waals surface area contributed by atoms with Gasteiger partial charge in [0.15, 0.2) is 11.5 Å². The number of hydrogen-bond donors (Lipinski definition) is 4. The first kappa shape index (κ1) is 19.9. The first-order valence-corrected chi connectivity index (χ1v) is 9.88. The number of pyridine rings is 1. The highest BCUT2D eigenvalue weighted by molar-refractivity contribution is 6.58. The second-order valence-corrected chi connectivity index (χ2v) is 7.26. The van der Waals surface area contributed by atoms with Gasteiger partial charge in [0.05, 0.1) is 17.7 Å². The van der Waals surface area contributed by atoms with E-state index in [2.05, 4.69) is 25.6 Å². The number of hydrogen-bond acceptors (Lipinski definition) is 9. The summed E-state index contributed by atoms with van der Waals surface area (Å²) in [6.45, 7) is 0.889. The number of rotatable bonds is 6. The monoisotopic (exact) mass is 431 g/mol. The molecule has 1 aliphatic rings. The van der Waals surface area contributed by atoms with E-state index < -0.39 is 13.0 Å². The molecule has 4 aromatic rings. The van der Waals surface area contributed by atoms with E-state index in [9.17, 15) is 14.8 Å². The SMILES string of the molecule is NC(=O)c1cccc2c(-c3nc(NCc4cccc(B(O)O)c4)c4c(n3)OCC4)nnn12. The van der Waals surface area contributed by atoms with Crippen molar-refractivity contribution in [2.45, 2.75) is 13.0 Å². The summed E-state index contributed by atoms with van der Waals surface area (Å²) in [6.07, 6.45) is 0.654. The lowest BCUT2D eigenvalue weighted by Gasteiger charge is -2.11. The van der Waals surface area contributed by atoms with Crippen LogP contribution in [0, 0.1) is 0 Å². The third kappa shape index (κ3) is 3.51. The van der Waals surface area contributed by atoms with Crippen molar-refractivity contribution in [1.29, 1.82) is 0 Å². The molecule has 0 atom stereocenters. The van der Waals surface area contributed by atoms with Crippen molar-refractivity contribution in [2.24, 2.45) is 5.73 Å². The van der Waals surface area contributed by atoms with E-state index in [1.807, 2.05) is 6.07 Å². The predicted octanol–water partition coefficient (Wildman–Crippen LogP) is -0.488. The van der Waals surface area contributed by atoms with Crippen LogP contribution in [0.2, 0.25) is 0 Å². The molecular weight excluding hydrogens is 413 g/mol. The molecule has 0 saturated heterocycles. The molecule has 1 aliphatic heterocycles. The van der Waals surface area contributed by atoms with Gasteiger partial charge < -0.3 is 25.8 Å². The van der Waals surface area contributed by atoms with E-state index in [-0.39, 0.29) is 5.69 Å². The zero-order chi connectivity index (χ0) is 22.2. The molecule has 32 heavy (non-hydrogen) atoms. The Kier molecular flexibility index (Phi) is 4.92. The summed E-state index contributed by atoms with van der Waals surface area (Å²) < 4.78 is 7.02.